The first-order chi connectivity index (χ1) is 13.8. The molecule has 2 heterocycles. The Morgan fingerprint density at radius 3 is 2.43 bits per heavy atom. The van der Waals surface area contributed by atoms with E-state index in [9.17, 15) is 36.0 Å². The van der Waals surface area contributed by atoms with Crippen LogP contribution in [0.3, 0.4) is 0 Å². The second-order valence-corrected chi connectivity index (χ2v) is 9.88. The highest BCUT2D eigenvalue weighted by Gasteiger charge is 2.34. The summed E-state index contributed by atoms with van der Waals surface area (Å²) in [6.07, 6.45) is 1.13. The van der Waals surface area contributed by atoms with E-state index in [-0.39, 0.29) is 16.9 Å². The van der Waals surface area contributed by atoms with Crippen LogP contribution in [0.1, 0.15) is 11.1 Å². The summed E-state index contributed by atoms with van der Waals surface area (Å²) < 4.78 is 85.2. The third-order valence-corrected chi connectivity index (χ3v) is 6.33. The van der Waals surface area contributed by atoms with E-state index < -0.39 is 62.6 Å². The number of azo groups is 1. The molecule has 3 rings (SSSR count). The topological polar surface area (TPSA) is 222 Å². The fourth-order valence-electron chi connectivity index (χ4n) is 2.36. The van der Waals surface area contributed by atoms with E-state index in [1.807, 2.05) is 0 Å². The van der Waals surface area contributed by atoms with Gasteiger partial charge in [0.05, 0.1) is 18.1 Å². The maximum atomic E-state index is 11.7. The van der Waals surface area contributed by atoms with Crippen molar-refractivity contribution in [2.24, 2.45) is 10.2 Å². The summed E-state index contributed by atoms with van der Waals surface area (Å²) in [7, 11) is -14.1. The number of nitrogens with zero attached hydrogens (tertiary/aromatic N) is 3. The maximum Gasteiger partial charge on any atom is 0.527 e. The number of aliphatic hydroxyl groups excluding tert-OH is 1. The third kappa shape index (κ3) is 4.71. The molecule has 0 fully saturated rings. The van der Waals surface area contributed by atoms with Crippen LogP contribution in [0.2, 0.25) is 0 Å². The van der Waals surface area contributed by atoms with Crippen molar-refractivity contribution in [3.05, 3.63) is 35.5 Å². The van der Waals surface area contributed by atoms with Crippen LogP contribution in [-0.2, 0) is 42.5 Å². The molecule has 2 aromatic rings. The van der Waals surface area contributed by atoms with Gasteiger partial charge in [-0.3, -0.25) is 18.5 Å². The smallest absolute Gasteiger partial charge is 0.400 e. The van der Waals surface area contributed by atoms with Gasteiger partial charge in [0, 0.05) is 17.3 Å². The van der Waals surface area contributed by atoms with Crippen LogP contribution in [0.25, 0.3) is 0 Å². The first-order valence-corrected chi connectivity index (χ1v) is 12.0. The first kappa shape index (κ1) is 22.4. The quantitative estimate of drug-likeness (QED) is 0.271. The molecule has 0 radical (unpaired) electrons. The molecule has 0 saturated heterocycles. The molecule has 1 atom stereocenters. The molecule has 1 aromatic heterocycles. The zero-order valence-electron chi connectivity index (χ0n) is 14.5. The third-order valence-electron chi connectivity index (χ3n) is 3.72. The van der Waals surface area contributed by atoms with Crippen LogP contribution >= 0.6 is 7.82 Å². The minimum absolute atomic E-state index is 0.128. The van der Waals surface area contributed by atoms with Crippen molar-refractivity contribution in [1.82, 2.24) is 4.98 Å². The second-order valence-electron chi connectivity index (χ2n) is 5.69. The lowest BCUT2D eigenvalue weighted by molar-refractivity contribution is 0.172. The van der Waals surface area contributed by atoms with Crippen molar-refractivity contribution in [2.75, 3.05) is 0 Å². The monoisotopic (exact) mass is 481 g/mol. The number of fused-ring (bicyclic) bond motifs is 1. The van der Waals surface area contributed by atoms with Crippen LogP contribution < -0.4 is 4.52 Å². The van der Waals surface area contributed by atoms with Crippen LogP contribution in [-0.4, -0.2) is 40.9 Å². The van der Waals surface area contributed by atoms with Gasteiger partial charge >= 0.3 is 7.82 Å². The van der Waals surface area contributed by atoms with Gasteiger partial charge in [0.2, 0.25) is 5.82 Å². The van der Waals surface area contributed by atoms with Crippen LogP contribution in [0.15, 0.2) is 44.4 Å². The van der Waals surface area contributed by atoms with E-state index in [1.165, 1.54) is 0 Å². The minimum Gasteiger partial charge on any atom is -0.400 e. The van der Waals surface area contributed by atoms with Gasteiger partial charge in [-0.25, -0.2) is 9.55 Å². The normalized spacial score (nSPS) is 19.5. The Labute approximate surface area is 169 Å². The molecule has 1 aliphatic heterocycles. The van der Waals surface area contributed by atoms with Crippen LogP contribution in [0.4, 0.5) is 11.5 Å². The van der Waals surface area contributed by atoms with Gasteiger partial charge in [-0.1, -0.05) is 0 Å². The highest BCUT2D eigenvalue weighted by molar-refractivity contribution is 7.86. The van der Waals surface area contributed by atoms with E-state index in [0.29, 0.717) is 12.1 Å². The Balaban J connectivity index is 2.16. The lowest BCUT2D eigenvalue weighted by Crippen LogP contribution is -2.10. The minimum atomic E-state index is -4.87. The molecule has 1 aromatic carbocycles. The molecular formula is C13H12N3O11PS2. The number of rotatable bonds is 5. The van der Waals surface area contributed by atoms with E-state index in [4.69, 9.17) is 9.08 Å². The fourth-order valence-corrected chi connectivity index (χ4v) is 4.23. The number of pyridine rings is 1. The second kappa shape index (κ2) is 7.75. The fraction of sp³-hybridized carbons (Fsp3) is 0.154. The number of benzene rings is 1. The number of phosphoric ester groups is 1. The Kier molecular flexibility index (Phi) is 5.78. The Hall–Kier alpha value is -2.30. The van der Waals surface area contributed by atoms with Gasteiger partial charge in [0.25, 0.3) is 20.2 Å². The van der Waals surface area contributed by atoms with Crippen molar-refractivity contribution in [2.45, 2.75) is 23.0 Å². The molecule has 17 heteroatoms. The molecule has 0 saturated carbocycles. The van der Waals surface area contributed by atoms with E-state index >= 15 is 0 Å². The zero-order chi connectivity index (χ0) is 22.3. The summed E-state index contributed by atoms with van der Waals surface area (Å²) in [6.45, 7) is -0.947. The summed E-state index contributed by atoms with van der Waals surface area (Å²) in [5, 5.41) is 16.5. The SMILES string of the molecule is O=P1(O)OCc2c(CO)cnc(N=Nc3cc(S(=O)(=O)O)ccc3S(=O)(=O)O)c2O1. The van der Waals surface area contributed by atoms with Gasteiger partial charge in [-0.05, 0) is 18.2 Å². The number of aromatic nitrogens is 1. The van der Waals surface area contributed by atoms with Crippen molar-refractivity contribution in [3.8, 4) is 5.75 Å². The van der Waals surface area contributed by atoms with Crippen LogP contribution in [0, 0.1) is 0 Å². The van der Waals surface area contributed by atoms with E-state index in [2.05, 4.69) is 19.7 Å². The maximum absolute atomic E-state index is 11.7. The lowest BCUT2D eigenvalue weighted by Gasteiger charge is -2.23. The molecule has 0 spiro atoms. The predicted octanol–water partition coefficient (Wildman–Crippen LogP) is 1.49. The standard InChI is InChI=1S/C13H12N3O11PS2/c17-5-7-4-14-13(12-9(7)6-26-28(18,19)27-12)16-15-10-3-8(29(20,21)22)1-2-11(10)30(23,24)25/h1-4,17H,5-6H2,(H,18,19)(H,20,21,22)(H,23,24,25). The average molecular weight is 481 g/mol. The van der Waals surface area contributed by atoms with Crippen molar-refractivity contribution in [1.29, 1.82) is 0 Å². The van der Waals surface area contributed by atoms with E-state index in [0.717, 1.165) is 12.3 Å². The van der Waals surface area contributed by atoms with Crippen molar-refractivity contribution in [3.63, 3.8) is 0 Å². The Bertz CT molecular complexity index is 1310. The number of phosphoric acid groups is 1. The molecular weight excluding hydrogens is 469 g/mol. The summed E-state index contributed by atoms with van der Waals surface area (Å²) in [5.74, 6) is -0.806. The zero-order valence-corrected chi connectivity index (χ0v) is 17.0. The van der Waals surface area contributed by atoms with Gasteiger partial charge < -0.3 is 9.63 Å². The number of hydrogen-bond acceptors (Lipinski definition) is 11. The van der Waals surface area contributed by atoms with E-state index in [1.54, 1.807) is 0 Å². The van der Waals surface area contributed by atoms with Gasteiger partial charge in [0.15, 0.2) is 5.75 Å². The molecule has 30 heavy (non-hydrogen) atoms. The molecule has 0 aliphatic carbocycles. The first-order valence-electron chi connectivity index (χ1n) is 7.61. The van der Waals surface area contributed by atoms with Crippen molar-refractivity contribution < 1.29 is 49.6 Å². The lowest BCUT2D eigenvalue weighted by atomic mass is 10.1. The highest BCUT2D eigenvalue weighted by atomic mass is 32.2. The summed E-state index contributed by atoms with van der Waals surface area (Å²) in [4.78, 5) is 11.7. The van der Waals surface area contributed by atoms with Gasteiger partial charge in [-0.2, -0.15) is 16.8 Å². The predicted molar refractivity (Wildman–Crippen MR) is 95.6 cm³/mol. The largest absolute Gasteiger partial charge is 0.527 e. The summed E-state index contributed by atoms with van der Waals surface area (Å²) in [6, 6.07) is 2.02. The molecule has 14 nitrogen and oxygen atoms in total. The molecule has 1 unspecified atom stereocenters. The van der Waals surface area contributed by atoms with Gasteiger partial charge in [0.1, 0.15) is 10.6 Å². The molecule has 0 amide bonds. The molecule has 162 valence electrons. The number of aliphatic hydroxyl groups is 1. The van der Waals surface area contributed by atoms with Crippen molar-refractivity contribution >= 4 is 39.6 Å². The average Bonchev–Trinajstić information content (AvgIpc) is 2.63. The number of hydrogen-bond donors (Lipinski definition) is 4. The Morgan fingerprint density at radius 1 is 1.13 bits per heavy atom. The highest BCUT2D eigenvalue weighted by Crippen LogP contribution is 2.53. The van der Waals surface area contributed by atoms with Gasteiger partial charge in [-0.15, -0.1) is 10.2 Å². The molecule has 0 bridgehead atoms. The molecule has 4 N–H and O–H groups in total. The van der Waals surface area contributed by atoms with Crippen LogP contribution in [0.5, 0.6) is 5.75 Å². The molecule has 1 aliphatic rings. The summed E-state index contributed by atoms with van der Waals surface area (Å²) >= 11 is 0. The Morgan fingerprint density at radius 2 is 1.83 bits per heavy atom. The summed E-state index contributed by atoms with van der Waals surface area (Å²) in [5.41, 5.74) is -0.368.